The van der Waals surface area contributed by atoms with Crippen molar-refractivity contribution in [1.29, 1.82) is 10.5 Å². The number of alkyl halides is 9. The molecule has 726 valence electrons. The Hall–Kier alpha value is -12.6. The number of halogens is 10. The van der Waals surface area contributed by atoms with E-state index in [-0.39, 0.29) is 86.9 Å². The maximum absolute atomic E-state index is 14.3. The predicted octanol–water partition coefficient (Wildman–Crippen LogP) is 26.5. The average molecular weight is 2110 g/mol. The number of thioether (sulfide) groups is 5. The van der Waals surface area contributed by atoms with Crippen molar-refractivity contribution in [2.24, 2.45) is 0 Å². The van der Waals surface area contributed by atoms with Crippen molar-refractivity contribution in [1.82, 2.24) is 36.6 Å². The number of benzene rings is 8. The molecule has 10 aromatic rings. The molecule has 0 unspecified atom stereocenters. The van der Waals surface area contributed by atoms with Crippen LogP contribution in [-0.4, -0.2) is 77.2 Å². The fourth-order valence-electron chi connectivity index (χ4n) is 16.4. The Balaban J connectivity index is 0.000000143. The van der Waals surface area contributed by atoms with Crippen LogP contribution in [0.1, 0.15) is 178 Å². The largest absolute Gasteiger partial charge is 0.502 e. The second-order valence-corrected chi connectivity index (χ2v) is 42.5. The maximum Gasteiger partial charge on any atom is 0.420 e. The number of pyridine rings is 2. The molecule has 3 aliphatic carbocycles. The molecular formula is C102H78F10N10O10S10. The lowest BCUT2D eigenvalue weighted by Crippen LogP contribution is -2.18. The Bertz CT molecular complexity index is 7250. The van der Waals surface area contributed by atoms with Crippen molar-refractivity contribution in [3.05, 3.63) is 301 Å². The molecule has 5 aliphatic heterocycles. The molecule has 8 aliphatic rings. The van der Waals surface area contributed by atoms with Crippen molar-refractivity contribution in [2.45, 2.75) is 142 Å². The summed E-state index contributed by atoms with van der Waals surface area (Å²) < 4.78 is 150. The van der Waals surface area contributed by atoms with Gasteiger partial charge >= 0.3 is 24.2 Å². The minimum Gasteiger partial charge on any atom is -0.502 e. The van der Waals surface area contributed by atoms with Gasteiger partial charge in [-0.05, 0) is 247 Å². The lowest BCUT2D eigenvalue weighted by atomic mass is 9.81. The van der Waals surface area contributed by atoms with Crippen LogP contribution in [0.25, 0.3) is 73.2 Å². The average Bonchev–Trinajstić information content (AvgIpc) is 1.06. The highest BCUT2D eigenvalue weighted by Gasteiger charge is 2.42. The number of phenols is 1. The first-order chi connectivity index (χ1) is 67.3. The van der Waals surface area contributed by atoms with Crippen LogP contribution < -0.4 is 36.1 Å². The van der Waals surface area contributed by atoms with Gasteiger partial charge in [0.2, 0.25) is 0 Å². The molecule has 0 atom stereocenters. The summed E-state index contributed by atoms with van der Waals surface area (Å²) in [6.07, 6.45) is 3.32. The molecule has 40 heteroatoms. The zero-order valence-corrected chi connectivity index (χ0v) is 83.6. The van der Waals surface area contributed by atoms with Crippen LogP contribution in [0.2, 0.25) is 0 Å². The Kier molecular flexibility index (Phi) is 33.0. The van der Waals surface area contributed by atoms with E-state index < -0.39 is 86.3 Å². The van der Waals surface area contributed by atoms with Crippen molar-refractivity contribution < 1.29 is 87.4 Å². The van der Waals surface area contributed by atoms with Gasteiger partial charge in [0.05, 0.1) is 69.6 Å². The first-order valence-corrected chi connectivity index (χ1v) is 49.5. The molecule has 5 amide bonds. The van der Waals surface area contributed by atoms with E-state index in [0.717, 1.165) is 143 Å². The van der Waals surface area contributed by atoms with Crippen molar-refractivity contribution in [2.75, 3.05) is 0 Å². The highest BCUT2D eigenvalue weighted by Crippen LogP contribution is 2.52. The zero-order valence-electron chi connectivity index (χ0n) is 75.4. The number of phenolic OH excluding ortho intramolecular Hbond substituents is 1. The van der Waals surface area contributed by atoms with Crippen LogP contribution >= 0.6 is 120 Å². The number of amides is 5. The van der Waals surface area contributed by atoms with Crippen LogP contribution in [-0.2, 0) is 54.3 Å². The molecule has 8 aromatic carbocycles. The third-order valence-corrected chi connectivity index (χ3v) is 29.4. The number of nitro benzene ring substituents is 1. The van der Waals surface area contributed by atoms with E-state index in [1.807, 2.05) is 67.6 Å². The molecule has 5 saturated heterocycles. The number of aromatic hydroxyl groups is 1. The van der Waals surface area contributed by atoms with Crippen LogP contribution in [0.5, 0.6) is 23.0 Å². The molecule has 7 fully saturated rings. The predicted molar refractivity (Wildman–Crippen MR) is 555 cm³/mol. The molecule has 6 N–H and O–H groups in total. The van der Waals surface area contributed by atoms with Gasteiger partial charge in [-0.2, -0.15) is 50.0 Å². The van der Waals surface area contributed by atoms with Crippen LogP contribution in [0.3, 0.4) is 0 Å². The maximum atomic E-state index is 14.3. The number of nitrogens with zero attached hydrogens (tertiary/aromatic N) is 5. The van der Waals surface area contributed by atoms with Crippen LogP contribution in [0, 0.1) is 38.6 Å². The summed E-state index contributed by atoms with van der Waals surface area (Å²) in [4.78, 5) is 81.7. The van der Waals surface area contributed by atoms with Crippen molar-refractivity contribution in [3.8, 4) is 68.6 Å². The molecule has 7 heterocycles. The number of fused-ring (bicyclic) bond motifs is 2. The Morgan fingerprint density at radius 2 is 1.15 bits per heavy atom. The van der Waals surface area contributed by atoms with Gasteiger partial charge in [-0.15, -0.1) is 0 Å². The van der Waals surface area contributed by atoms with Gasteiger partial charge in [0.25, 0.3) is 29.5 Å². The Morgan fingerprint density at radius 1 is 0.570 bits per heavy atom. The van der Waals surface area contributed by atoms with Gasteiger partial charge in [-0.3, -0.25) is 44.1 Å². The molecule has 18 rings (SSSR count). The molecule has 142 heavy (non-hydrogen) atoms. The summed E-state index contributed by atoms with van der Waals surface area (Å²) in [5, 5.41) is 56.6. The summed E-state index contributed by atoms with van der Waals surface area (Å²) in [7, 11) is 0. The summed E-state index contributed by atoms with van der Waals surface area (Å²) >= 11 is 30.5. The van der Waals surface area contributed by atoms with Gasteiger partial charge in [0.1, 0.15) is 61.9 Å². The number of rotatable bonds is 13. The van der Waals surface area contributed by atoms with E-state index in [1.54, 1.807) is 71.0 Å². The number of carbonyl (C=O) groups is 5. The topological polar surface area (TPSA) is 301 Å². The number of nitriles is 2. The molecule has 0 radical (unpaired) electrons. The van der Waals surface area contributed by atoms with E-state index in [9.17, 15) is 93.6 Å². The number of nitro groups is 1. The van der Waals surface area contributed by atoms with E-state index in [0.29, 0.717) is 90.2 Å². The number of carbonyl (C=O) groups excluding carboxylic acids is 5. The Labute approximate surface area is 855 Å². The minimum absolute atomic E-state index is 0.00338. The number of thiocarbonyl (C=S) groups is 5. The van der Waals surface area contributed by atoms with E-state index in [2.05, 4.69) is 54.8 Å². The number of aromatic nitrogens is 2. The van der Waals surface area contributed by atoms with Gasteiger partial charge in [-0.25, -0.2) is 4.39 Å². The SMILES string of the molecule is C/C(=C1/SC(=S)NC1=O)c1cc(OC2CCCC2)c(C#N)c(-c2cc(C(F)(F)F)ccn2)c1.C/C(=C1/SC(=S)NC1=O)c1cc(Oc2ccccc2)c(C(F)(F)F)c(-c2cccc(F)c2)c1.CC(C)(C)c1cc(C(F)(F)F)c(/C=C2\SC(=S)NC2=O)cn1.CC1=C/C(=C2/SC(=S)NC2=O)c2c(c(-c3ccc4ccccc4c3)cc(O)c2[N+](=O)[O-])C1.N#Cc1cc(/C=C2\SC(=S)NC2=O)cc(C2CCCCC2)c1. The lowest BCUT2D eigenvalue weighted by molar-refractivity contribution is -0.386. The molecule has 20 nitrogen and oxygen atoms in total. The summed E-state index contributed by atoms with van der Waals surface area (Å²) in [6, 6.07) is 47.0. The fourth-order valence-corrected chi connectivity index (χ4v) is 21.8. The number of ether oxygens (including phenoxy) is 2. The second-order valence-electron chi connectivity index (χ2n) is 34.0. The summed E-state index contributed by atoms with van der Waals surface area (Å²) in [5.41, 5.74) is 5.12. The van der Waals surface area contributed by atoms with Gasteiger partial charge in [-0.1, -0.05) is 244 Å². The lowest BCUT2D eigenvalue weighted by Gasteiger charge is -2.22. The first-order valence-electron chi connectivity index (χ1n) is 43.4. The normalized spacial score (nSPS) is 17.9. The van der Waals surface area contributed by atoms with Crippen LogP contribution in [0.15, 0.2) is 212 Å². The first kappa shape index (κ1) is 105. The highest BCUT2D eigenvalue weighted by molar-refractivity contribution is 8.28. The molecule has 2 saturated carbocycles. The molecular weight excluding hydrogens is 2040 g/mol. The van der Waals surface area contributed by atoms with Gasteiger partial charge < -0.3 is 41.2 Å². The Morgan fingerprint density at radius 3 is 1.70 bits per heavy atom. The quantitative estimate of drug-likeness (QED) is 0.0205. The zero-order chi connectivity index (χ0) is 102. The summed E-state index contributed by atoms with van der Waals surface area (Å²) in [5.74, 6) is -2.40. The molecule has 2 aromatic heterocycles. The number of allylic oxidation sites excluding steroid dienone is 5. The monoisotopic (exact) mass is 2110 g/mol. The standard InChI is InChI=1S/C24H15F4NO2S2.C24H16N2O4S2.C23H18F3N3O2S2.C17H16N2OS2.C14H13F3N2OS2/c1-13(21-22(30)29-23(32)33-21)15-11-18(14-6-5-7-16(25)10-14)20(24(26,27)28)19(12-15)31-17-8-3-2-4-9-17;1-12-8-17-16(15-7-6-13-4-2-3-5-14(13)10-15)11-19(27)21(26(29)30)20(17)18(9-12)22-23(28)25-24(31)32-22;1-12(20-21(30)29-22(32)33-20)13-8-16(18-10-14(6-7-28-18)23(24,25)26)17(11-27)19(9-13)31-15-4-2-3-5-15;18-10-12-6-11(9-15-16(20)19-17(21)22-15)7-14(8-12)13-4-2-1-3-5-13;1-13(2,3)10-5-8(14(15,16)17)7(6-18-10)4-9-11(20)19-12(21)22-9/h2-12H,1H3,(H,29,30,32);2-7,9-11,27H,8H2,1H3,(H,25,28,31);6-10,15H,2-5H2,1H3,(H,29,30,32);6-9,13H,1-5H2,(H,19,20,21);4-6H,1-3H3,(H,19,20,21)/b21-13-;22-18-;20-12-;15-9-;9-4-. The van der Waals surface area contributed by atoms with Crippen molar-refractivity contribution in [3.63, 3.8) is 0 Å². The number of para-hydroxylation sites is 1. The molecule has 0 bridgehead atoms. The van der Waals surface area contributed by atoms with E-state index >= 15 is 0 Å². The third kappa shape index (κ3) is 25.3. The smallest absolute Gasteiger partial charge is 0.420 e. The van der Waals surface area contributed by atoms with Gasteiger partial charge in [0, 0.05) is 40.2 Å². The van der Waals surface area contributed by atoms with E-state index in [4.69, 9.17) is 70.6 Å². The minimum atomic E-state index is -4.80. The molecule has 0 spiro atoms. The van der Waals surface area contributed by atoms with Crippen LogP contribution in [0.4, 0.5) is 49.6 Å². The fraction of sp³-hybridized carbons (Fsp3) is 0.216. The summed E-state index contributed by atoms with van der Waals surface area (Å²) in [6.45, 7) is 10.6. The second kappa shape index (κ2) is 44.5. The number of hydrogen-bond donors (Lipinski definition) is 6. The van der Waals surface area contributed by atoms with Crippen molar-refractivity contribution >= 4 is 216 Å². The van der Waals surface area contributed by atoms with Gasteiger partial charge in [0.15, 0.2) is 5.75 Å². The highest BCUT2D eigenvalue weighted by atomic mass is 32.2. The number of hydrogen-bond acceptors (Lipinski definition) is 24. The third-order valence-electron chi connectivity index (χ3n) is 23.1. The van der Waals surface area contributed by atoms with E-state index in [1.165, 1.54) is 98.0 Å². The number of nitrogens with one attached hydrogen (secondary N) is 5.